The average Bonchev–Trinajstić information content (AvgIpc) is 2.76. The maximum Gasteiger partial charge on any atom is 0.197 e. The van der Waals surface area contributed by atoms with E-state index >= 15 is 0 Å². The van der Waals surface area contributed by atoms with E-state index in [-0.39, 0.29) is 41.5 Å². The molecule has 4 rings (SSSR count). The van der Waals surface area contributed by atoms with Crippen LogP contribution in [-0.4, -0.2) is 40.6 Å². The fraction of sp³-hybridized carbons (Fsp3) is 0.417. The minimum Gasteiger partial charge on any atom is -0.507 e. The highest BCUT2D eigenvalue weighted by atomic mass is 16.5. The number of benzene rings is 2. The normalized spacial score (nSPS) is 16.5. The Bertz CT molecular complexity index is 992. The van der Waals surface area contributed by atoms with Gasteiger partial charge in [0.15, 0.2) is 11.6 Å². The van der Waals surface area contributed by atoms with Gasteiger partial charge in [0.1, 0.15) is 23.9 Å². The summed E-state index contributed by atoms with van der Waals surface area (Å²) in [5, 5.41) is 30.8. The van der Waals surface area contributed by atoms with Crippen molar-refractivity contribution in [1.82, 2.24) is 0 Å². The van der Waals surface area contributed by atoms with Crippen molar-refractivity contribution in [1.29, 1.82) is 0 Å². The molecule has 0 amide bonds. The van der Waals surface area contributed by atoms with Gasteiger partial charge in [0.2, 0.25) is 0 Å². The molecule has 0 aliphatic heterocycles. The zero-order chi connectivity index (χ0) is 22.0. The summed E-state index contributed by atoms with van der Waals surface area (Å²) in [5.41, 5.74) is 2.65. The van der Waals surface area contributed by atoms with Crippen LogP contribution in [0.1, 0.15) is 64.9 Å². The van der Waals surface area contributed by atoms with Crippen LogP contribution in [-0.2, 0) is 24.1 Å². The number of carbonyl (C=O) groups is 2. The average molecular weight is 412 g/mol. The summed E-state index contributed by atoms with van der Waals surface area (Å²) in [5.74, 6) is -0.659. The molecule has 1 unspecified atom stereocenters. The quantitative estimate of drug-likeness (QED) is 0.570. The van der Waals surface area contributed by atoms with Crippen molar-refractivity contribution in [3.63, 3.8) is 0 Å². The number of hydrogen-bond acceptors (Lipinski definition) is 6. The van der Waals surface area contributed by atoms with Gasteiger partial charge in [0.05, 0.1) is 12.7 Å². The third-order valence-electron chi connectivity index (χ3n) is 5.74. The predicted octanol–water partition coefficient (Wildman–Crippen LogP) is 3.32. The number of aliphatic hydroxyl groups is 1. The number of hydrogen-bond donors (Lipinski definition) is 3. The number of Topliss-reactive ketones (excluding diaryl/α,β-unsaturated/α-hetero) is 1. The first-order valence-corrected chi connectivity index (χ1v) is 10.3. The molecule has 6 heteroatoms. The number of rotatable bonds is 3. The molecule has 0 spiro atoms. The molecule has 30 heavy (non-hydrogen) atoms. The number of aromatic hydroxyl groups is 2. The SMILES string of the molecule is CCC.COc1cccc2c1Cc1c(O)c3c(c(O)c1C2=O)CC(C(=O)CO)CC3. The molecule has 0 saturated heterocycles. The summed E-state index contributed by atoms with van der Waals surface area (Å²) in [4.78, 5) is 25.0. The lowest BCUT2D eigenvalue weighted by molar-refractivity contribution is -0.125. The second-order valence-electron chi connectivity index (χ2n) is 7.77. The van der Waals surface area contributed by atoms with Crippen LogP contribution >= 0.6 is 0 Å². The molecule has 0 heterocycles. The molecule has 0 radical (unpaired) electrons. The fourth-order valence-corrected chi connectivity index (χ4v) is 4.32. The Morgan fingerprint density at radius 1 is 1.10 bits per heavy atom. The molecule has 0 fully saturated rings. The maximum absolute atomic E-state index is 13.1. The zero-order valence-electron chi connectivity index (χ0n) is 17.6. The highest BCUT2D eigenvalue weighted by Crippen LogP contribution is 2.47. The molecular formula is C24H28O6. The summed E-state index contributed by atoms with van der Waals surface area (Å²) < 4.78 is 5.35. The van der Waals surface area contributed by atoms with E-state index in [4.69, 9.17) is 9.84 Å². The molecule has 2 aromatic rings. The first-order valence-electron chi connectivity index (χ1n) is 10.3. The smallest absolute Gasteiger partial charge is 0.197 e. The minimum atomic E-state index is -0.552. The number of ketones is 2. The molecule has 6 nitrogen and oxygen atoms in total. The molecule has 0 saturated carbocycles. The van der Waals surface area contributed by atoms with Crippen LogP contribution in [0.5, 0.6) is 17.2 Å². The lowest BCUT2D eigenvalue weighted by Crippen LogP contribution is -2.26. The van der Waals surface area contributed by atoms with Gasteiger partial charge in [-0.15, -0.1) is 0 Å². The van der Waals surface area contributed by atoms with Gasteiger partial charge in [-0.3, -0.25) is 9.59 Å². The van der Waals surface area contributed by atoms with E-state index < -0.39 is 12.5 Å². The van der Waals surface area contributed by atoms with Crippen molar-refractivity contribution in [2.75, 3.05) is 13.7 Å². The van der Waals surface area contributed by atoms with Crippen LogP contribution in [0, 0.1) is 5.92 Å². The number of aliphatic hydroxyl groups excluding tert-OH is 1. The van der Waals surface area contributed by atoms with E-state index in [1.165, 1.54) is 13.5 Å². The van der Waals surface area contributed by atoms with Gasteiger partial charge in [-0.1, -0.05) is 32.4 Å². The summed E-state index contributed by atoms with van der Waals surface area (Å²) >= 11 is 0. The van der Waals surface area contributed by atoms with Gasteiger partial charge in [0, 0.05) is 40.2 Å². The first-order chi connectivity index (χ1) is 14.4. The Morgan fingerprint density at radius 2 is 1.80 bits per heavy atom. The van der Waals surface area contributed by atoms with Crippen LogP contribution in [0.3, 0.4) is 0 Å². The van der Waals surface area contributed by atoms with Crippen molar-refractivity contribution < 1.29 is 29.6 Å². The number of phenols is 2. The molecule has 2 aromatic carbocycles. The van der Waals surface area contributed by atoms with E-state index in [1.54, 1.807) is 18.2 Å². The summed E-state index contributed by atoms with van der Waals surface area (Å²) in [6, 6.07) is 5.15. The first kappa shape index (κ1) is 21.8. The molecule has 2 aliphatic rings. The second kappa shape index (κ2) is 8.88. The van der Waals surface area contributed by atoms with Gasteiger partial charge in [-0.05, 0) is 25.3 Å². The Labute approximate surface area is 176 Å². The Morgan fingerprint density at radius 3 is 2.43 bits per heavy atom. The minimum absolute atomic E-state index is 0.0117. The van der Waals surface area contributed by atoms with E-state index in [0.717, 1.165) is 0 Å². The van der Waals surface area contributed by atoms with Gasteiger partial charge < -0.3 is 20.1 Å². The maximum atomic E-state index is 13.1. The second-order valence-corrected chi connectivity index (χ2v) is 7.77. The third kappa shape index (κ3) is 3.56. The predicted molar refractivity (Wildman–Crippen MR) is 113 cm³/mol. The highest BCUT2D eigenvalue weighted by Gasteiger charge is 2.36. The number of carbonyl (C=O) groups excluding carboxylic acids is 2. The fourth-order valence-electron chi connectivity index (χ4n) is 4.32. The lowest BCUT2D eigenvalue weighted by atomic mass is 9.75. The zero-order valence-corrected chi connectivity index (χ0v) is 17.6. The topological polar surface area (TPSA) is 104 Å². The largest absolute Gasteiger partial charge is 0.507 e. The van der Waals surface area contributed by atoms with Gasteiger partial charge in [-0.25, -0.2) is 0 Å². The Hall–Kier alpha value is -2.86. The molecular weight excluding hydrogens is 384 g/mol. The number of ether oxygens (including phenoxy) is 1. The van der Waals surface area contributed by atoms with Crippen LogP contribution in [0.4, 0.5) is 0 Å². The summed E-state index contributed by atoms with van der Waals surface area (Å²) in [7, 11) is 1.53. The molecule has 2 aliphatic carbocycles. The third-order valence-corrected chi connectivity index (χ3v) is 5.74. The monoisotopic (exact) mass is 412 g/mol. The van der Waals surface area contributed by atoms with Crippen molar-refractivity contribution in [3.8, 4) is 17.2 Å². The van der Waals surface area contributed by atoms with Crippen LogP contribution in [0.25, 0.3) is 0 Å². The van der Waals surface area contributed by atoms with Crippen molar-refractivity contribution in [2.24, 2.45) is 5.92 Å². The Balaban J connectivity index is 0.000000806. The highest BCUT2D eigenvalue weighted by molar-refractivity contribution is 6.15. The van der Waals surface area contributed by atoms with E-state index in [1.807, 2.05) is 0 Å². The van der Waals surface area contributed by atoms with Crippen LogP contribution in [0.2, 0.25) is 0 Å². The lowest BCUT2D eigenvalue weighted by Gasteiger charge is -2.29. The summed E-state index contributed by atoms with van der Waals surface area (Å²) in [6.07, 6.45) is 2.64. The van der Waals surface area contributed by atoms with E-state index in [0.29, 0.717) is 46.4 Å². The van der Waals surface area contributed by atoms with Crippen molar-refractivity contribution >= 4 is 11.6 Å². The van der Waals surface area contributed by atoms with Gasteiger partial charge in [0.25, 0.3) is 0 Å². The molecule has 1 atom stereocenters. The molecule has 3 N–H and O–H groups in total. The molecule has 160 valence electrons. The Kier molecular flexibility index (Phi) is 6.46. The molecule has 0 aromatic heterocycles. The van der Waals surface area contributed by atoms with Crippen LogP contribution < -0.4 is 4.74 Å². The number of methoxy groups -OCH3 is 1. The van der Waals surface area contributed by atoms with Crippen molar-refractivity contribution in [3.05, 3.63) is 51.6 Å². The van der Waals surface area contributed by atoms with Crippen molar-refractivity contribution in [2.45, 2.75) is 46.0 Å². The van der Waals surface area contributed by atoms with E-state index in [9.17, 15) is 19.8 Å². The van der Waals surface area contributed by atoms with E-state index in [2.05, 4.69) is 13.8 Å². The molecule has 0 bridgehead atoms. The standard InChI is InChI=1S/C21H20O6.C3H8/c1-27-17-4-2-3-11-13(17)8-15-18(20(11)25)21(26)14-7-10(16(23)9-22)5-6-12(14)19(15)24;1-3-2/h2-4,10,22,24,26H,5-9H2,1H3;3H2,1-2H3. The van der Waals surface area contributed by atoms with Gasteiger partial charge in [-0.2, -0.15) is 0 Å². The van der Waals surface area contributed by atoms with Gasteiger partial charge >= 0.3 is 0 Å². The van der Waals surface area contributed by atoms with Crippen LogP contribution in [0.15, 0.2) is 18.2 Å². The number of fused-ring (bicyclic) bond motifs is 3. The summed E-state index contributed by atoms with van der Waals surface area (Å²) in [6.45, 7) is 3.70. The number of phenolic OH excluding ortho intramolecular Hbond substituents is 2.